The smallest absolute Gasteiger partial charge is 0.419 e. The van der Waals surface area contributed by atoms with E-state index in [0.717, 1.165) is 12.1 Å². The largest absolute Gasteiger partial charge is 0.484 e. The predicted molar refractivity (Wildman–Crippen MR) is 104 cm³/mol. The van der Waals surface area contributed by atoms with Gasteiger partial charge in [0, 0.05) is 24.9 Å². The van der Waals surface area contributed by atoms with E-state index in [0.29, 0.717) is 23.4 Å². The maximum atomic E-state index is 13.3. The number of nitrogens with one attached hydrogen (secondary N) is 1. The summed E-state index contributed by atoms with van der Waals surface area (Å²) in [5, 5.41) is 3.07. The highest BCUT2D eigenvalue weighted by atomic mass is 19.4. The molecule has 0 spiro atoms. The first-order valence-electron chi connectivity index (χ1n) is 9.19. The molecule has 2 aliphatic rings. The van der Waals surface area contributed by atoms with Crippen molar-refractivity contribution in [1.29, 1.82) is 0 Å². The molecule has 7 heteroatoms. The number of rotatable bonds is 4. The number of nitrogens with zero attached hydrogens (tertiary/aromatic N) is 1. The zero-order valence-electron chi connectivity index (χ0n) is 16.3. The molecule has 0 aromatic heterocycles. The van der Waals surface area contributed by atoms with Crippen LogP contribution >= 0.6 is 0 Å². The van der Waals surface area contributed by atoms with E-state index in [1.165, 1.54) is 37.1 Å². The molecule has 2 aliphatic carbocycles. The van der Waals surface area contributed by atoms with Gasteiger partial charge in [-0.05, 0) is 61.8 Å². The van der Waals surface area contributed by atoms with Gasteiger partial charge in [0.25, 0.3) is 0 Å². The van der Waals surface area contributed by atoms with Gasteiger partial charge in [0.2, 0.25) is 0 Å². The lowest BCUT2D eigenvalue weighted by Gasteiger charge is -2.23. The van der Waals surface area contributed by atoms with E-state index in [-0.39, 0.29) is 6.04 Å². The quantitative estimate of drug-likeness (QED) is 0.284. The number of halogens is 4. The van der Waals surface area contributed by atoms with E-state index in [4.69, 9.17) is 0 Å². The lowest BCUT2D eigenvalue weighted by molar-refractivity contribution is -0.139. The summed E-state index contributed by atoms with van der Waals surface area (Å²) in [4.78, 5) is 3.70. The van der Waals surface area contributed by atoms with Crippen LogP contribution < -0.4 is 5.32 Å². The number of methoxy groups -OCH3 is 1. The Bertz CT molecular complexity index is 755. The fraction of sp³-hybridized carbons (Fsp3) is 0.476. The van der Waals surface area contributed by atoms with Crippen molar-refractivity contribution >= 4 is 11.6 Å². The molecule has 28 heavy (non-hydrogen) atoms. The third-order valence-electron chi connectivity index (χ3n) is 5.10. The molecule has 1 saturated carbocycles. The van der Waals surface area contributed by atoms with Crippen molar-refractivity contribution in [2.45, 2.75) is 45.3 Å². The Hall–Kier alpha value is -2.31. The van der Waals surface area contributed by atoms with Crippen LogP contribution in [0.2, 0.25) is 0 Å². The first-order chi connectivity index (χ1) is 13.2. The van der Waals surface area contributed by atoms with Gasteiger partial charge in [0.1, 0.15) is 5.82 Å². The summed E-state index contributed by atoms with van der Waals surface area (Å²) in [5.74, 6) is 0.586. The van der Waals surface area contributed by atoms with E-state index in [9.17, 15) is 17.6 Å². The van der Waals surface area contributed by atoms with Gasteiger partial charge in [-0.25, -0.2) is 9.38 Å². The van der Waals surface area contributed by atoms with E-state index in [2.05, 4.69) is 27.7 Å². The normalized spacial score (nSPS) is 22.1. The van der Waals surface area contributed by atoms with Crippen molar-refractivity contribution in [3.8, 4) is 0 Å². The van der Waals surface area contributed by atoms with Crippen LogP contribution in [-0.4, -0.2) is 19.0 Å². The van der Waals surface area contributed by atoms with E-state index in [1.54, 1.807) is 14.0 Å². The minimum Gasteiger partial charge on any atom is -0.484 e. The highest BCUT2D eigenvalue weighted by molar-refractivity contribution is 5.73. The third kappa shape index (κ3) is 5.59. The topological polar surface area (TPSA) is 33.6 Å². The van der Waals surface area contributed by atoms with Gasteiger partial charge in [0.15, 0.2) is 5.90 Å². The molecule has 154 valence electrons. The number of hydrogen-bond donors (Lipinski definition) is 1. The van der Waals surface area contributed by atoms with Gasteiger partial charge in [-0.3, -0.25) is 0 Å². The minimum atomic E-state index is -4.67. The molecule has 1 aromatic rings. The van der Waals surface area contributed by atoms with Crippen LogP contribution in [0, 0.1) is 17.7 Å². The Morgan fingerprint density at radius 3 is 2.54 bits per heavy atom. The van der Waals surface area contributed by atoms with Crippen LogP contribution in [0.25, 0.3) is 0 Å². The number of aliphatic imine (C=N–C) groups is 1. The minimum absolute atomic E-state index is 0.0214. The molecule has 3 atom stereocenters. The van der Waals surface area contributed by atoms with E-state index >= 15 is 0 Å². The second-order valence-corrected chi connectivity index (χ2v) is 7.03. The van der Waals surface area contributed by atoms with Gasteiger partial charge < -0.3 is 10.1 Å². The van der Waals surface area contributed by atoms with Gasteiger partial charge in [-0.1, -0.05) is 12.7 Å². The van der Waals surface area contributed by atoms with Gasteiger partial charge in [0.05, 0.1) is 12.7 Å². The van der Waals surface area contributed by atoms with E-state index < -0.39 is 17.6 Å². The highest BCUT2D eigenvalue weighted by Crippen LogP contribution is 2.45. The average molecular weight is 398 g/mol. The summed E-state index contributed by atoms with van der Waals surface area (Å²) in [6.07, 6.45) is 2.57. The second kappa shape index (κ2) is 9.26. The third-order valence-corrected chi connectivity index (χ3v) is 5.10. The molecule has 3 unspecified atom stereocenters. The second-order valence-electron chi connectivity index (χ2n) is 7.03. The molecule has 0 heterocycles. The SMILES string of the molecule is C=CN=C(C)OC.CC(Nc1ccc(F)c(C(F)(F)F)c1)C1=CC2CCC1C2. The van der Waals surface area contributed by atoms with Crippen LogP contribution in [0.1, 0.15) is 38.7 Å². The summed E-state index contributed by atoms with van der Waals surface area (Å²) < 4.78 is 56.1. The molecule has 3 nitrogen and oxygen atoms in total. The Balaban J connectivity index is 0.000000345. The van der Waals surface area contributed by atoms with Crippen molar-refractivity contribution in [2.75, 3.05) is 12.4 Å². The molecule has 0 aliphatic heterocycles. The molecule has 1 fully saturated rings. The number of benzene rings is 1. The van der Waals surface area contributed by atoms with Crippen molar-refractivity contribution in [3.63, 3.8) is 0 Å². The van der Waals surface area contributed by atoms with Gasteiger partial charge in [-0.15, -0.1) is 0 Å². The highest BCUT2D eigenvalue weighted by Gasteiger charge is 2.36. The first-order valence-corrected chi connectivity index (χ1v) is 9.19. The average Bonchev–Trinajstić information content (AvgIpc) is 3.26. The number of ether oxygens (including phenoxy) is 1. The molecular weight excluding hydrogens is 372 g/mol. The fourth-order valence-electron chi connectivity index (χ4n) is 3.72. The van der Waals surface area contributed by atoms with Crippen molar-refractivity contribution in [2.24, 2.45) is 16.8 Å². The molecule has 2 bridgehead atoms. The lowest BCUT2D eigenvalue weighted by Crippen LogP contribution is -2.22. The van der Waals surface area contributed by atoms with Gasteiger partial charge >= 0.3 is 6.18 Å². The van der Waals surface area contributed by atoms with Crippen LogP contribution in [-0.2, 0) is 10.9 Å². The van der Waals surface area contributed by atoms with Crippen LogP contribution in [0.5, 0.6) is 0 Å². The molecule has 1 N–H and O–H groups in total. The van der Waals surface area contributed by atoms with Crippen LogP contribution in [0.15, 0.2) is 47.6 Å². The summed E-state index contributed by atoms with van der Waals surface area (Å²) in [6, 6.07) is 3.05. The summed E-state index contributed by atoms with van der Waals surface area (Å²) in [5.41, 5.74) is 0.366. The first kappa shape index (κ1) is 22.0. The van der Waals surface area contributed by atoms with E-state index in [1.807, 2.05) is 6.92 Å². The Kier molecular flexibility index (Phi) is 7.27. The van der Waals surface area contributed by atoms with Crippen molar-refractivity contribution in [3.05, 3.63) is 54.0 Å². The van der Waals surface area contributed by atoms with Gasteiger partial charge in [-0.2, -0.15) is 13.2 Å². The lowest BCUT2D eigenvalue weighted by atomic mass is 9.93. The Morgan fingerprint density at radius 1 is 1.36 bits per heavy atom. The molecule has 1 aromatic carbocycles. The Morgan fingerprint density at radius 2 is 2.07 bits per heavy atom. The molecule has 3 rings (SSSR count). The summed E-state index contributed by atoms with van der Waals surface area (Å²) in [7, 11) is 1.57. The predicted octanol–water partition coefficient (Wildman–Crippen LogP) is 6.20. The number of fused-ring (bicyclic) bond motifs is 2. The maximum Gasteiger partial charge on any atom is 0.419 e. The number of anilines is 1. The number of allylic oxidation sites excluding steroid dienone is 1. The van der Waals surface area contributed by atoms with Crippen molar-refractivity contribution < 1.29 is 22.3 Å². The monoisotopic (exact) mass is 398 g/mol. The molecule has 0 saturated heterocycles. The number of hydrogen-bond acceptors (Lipinski definition) is 3. The summed E-state index contributed by atoms with van der Waals surface area (Å²) >= 11 is 0. The maximum absolute atomic E-state index is 13.3. The molecule has 0 amide bonds. The molecule has 0 radical (unpaired) electrons. The van der Waals surface area contributed by atoms with Crippen LogP contribution in [0.3, 0.4) is 0 Å². The fourth-order valence-corrected chi connectivity index (χ4v) is 3.72. The molecular formula is C21H26F4N2O. The zero-order chi connectivity index (χ0) is 20.9. The Labute approximate surface area is 163 Å². The standard InChI is InChI=1S/C16H17F4N.C5H9NO/c1-9(13-7-10-2-3-11(13)6-10)21-12-4-5-15(17)14(8-12)16(18,19)20;1-4-6-5(2)7-3/h4-5,7-11,21H,2-3,6H2,1H3;4H,1H2,2-3H3. The van der Waals surface area contributed by atoms with Crippen LogP contribution in [0.4, 0.5) is 23.2 Å². The number of alkyl halides is 3. The van der Waals surface area contributed by atoms with Crippen molar-refractivity contribution in [1.82, 2.24) is 0 Å². The summed E-state index contributed by atoms with van der Waals surface area (Å²) in [6.45, 7) is 7.09. The zero-order valence-corrected chi connectivity index (χ0v) is 16.3.